The molecule has 7 heteroatoms. The van der Waals surface area contributed by atoms with Gasteiger partial charge in [0.05, 0.1) is 0 Å². The highest BCUT2D eigenvalue weighted by atomic mass is 32.2. The zero-order valence-corrected chi connectivity index (χ0v) is 11.3. The average molecular weight is 280 g/mol. The lowest BCUT2D eigenvalue weighted by atomic mass is 10.2. The Morgan fingerprint density at radius 2 is 2.28 bits per heavy atom. The summed E-state index contributed by atoms with van der Waals surface area (Å²) >= 11 is 2.72. The Kier molecular flexibility index (Phi) is 3.83. The van der Waals surface area contributed by atoms with E-state index in [4.69, 9.17) is 11.5 Å². The number of aryl methyl sites for hydroxylation is 1. The standard InChI is InChI=1S/C11H12N4OS2/c1-2-9-14-11(18-15-9)17-8-5-6(10(13)16)3-4-7(8)12/h3-5H,2,12H2,1H3,(H2,13,16). The Labute approximate surface area is 113 Å². The summed E-state index contributed by atoms with van der Waals surface area (Å²) in [6.07, 6.45) is 0.799. The van der Waals surface area contributed by atoms with Gasteiger partial charge in [-0.2, -0.15) is 4.37 Å². The first kappa shape index (κ1) is 12.8. The second-order valence-electron chi connectivity index (χ2n) is 3.55. The summed E-state index contributed by atoms with van der Waals surface area (Å²) in [6.45, 7) is 2.00. The van der Waals surface area contributed by atoms with Crippen molar-refractivity contribution in [1.29, 1.82) is 0 Å². The van der Waals surface area contributed by atoms with Crippen LogP contribution in [0.1, 0.15) is 23.1 Å². The van der Waals surface area contributed by atoms with Gasteiger partial charge in [-0.05, 0) is 29.7 Å². The molecule has 0 aliphatic heterocycles. The molecule has 2 aromatic rings. The first-order valence-electron chi connectivity index (χ1n) is 5.30. The molecule has 1 amide bonds. The molecule has 0 radical (unpaired) electrons. The number of carbonyl (C=O) groups is 1. The van der Waals surface area contributed by atoms with Gasteiger partial charge in [0.15, 0.2) is 4.34 Å². The molecule has 1 aromatic carbocycles. The summed E-state index contributed by atoms with van der Waals surface area (Å²) in [4.78, 5) is 16.2. The molecule has 4 N–H and O–H groups in total. The molecule has 18 heavy (non-hydrogen) atoms. The number of carbonyl (C=O) groups excluding carboxylic acids is 1. The quantitative estimate of drug-likeness (QED) is 0.834. The van der Waals surface area contributed by atoms with Crippen LogP contribution >= 0.6 is 23.3 Å². The van der Waals surface area contributed by atoms with Gasteiger partial charge in [-0.1, -0.05) is 18.7 Å². The lowest BCUT2D eigenvalue weighted by Gasteiger charge is -2.04. The fraction of sp³-hybridized carbons (Fsp3) is 0.182. The van der Waals surface area contributed by atoms with Crippen LogP contribution in [-0.4, -0.2) is 15.3 Å². The molecular weight excluding hydrogens is 268 g/mol. The minimum absolute atomic E-state index is 0.437. The third-order valence-corrected chi connectivity index (χ3v) is 4.12. The van der Waals surface area contributed by atoms with Crippen molar-refractivity contribution in [1.82, 2.24) is 9.36 Å². The van der Waals surface area contributed by atoms with Crippen molar-refractivity contribution >= 4 is 34.9 Å². The number of nitrogen functional groups attached to an aromatic ring is 1. The highest BCUT2D eigenvalue weighted by molar-refractivity contribution is 8.01. The van der Waals surface area contributed by atoms with Crippen molar-refractivity contribution in [3.63, 3.8) is 0 Å². The number of nitrogens with two attached hydrogens (primary N) is 2. The molecule has 94 valence electrons. The van der Waals surface area contributed by atoms with Crippen LogP contribution in [0.3, 0.4) is 0 Å². The number of primary amides is 1. The monoisotopic (exact) mass is 280 g/mol. The van der Waals surface area contributed by atoms with E-state index in [9.17, 15) is 4.79 Å². The van der Waals surface area contributed by atoms with E-state index < -0.39 is 5.91 Å². The molecule has 0 bridgehead atoms. The molecule has 0 atom stereocenters. The summed E-state index contributed by atoms with van der Waals surface area (Å²) in [5.41, 5.74) is 12.1. The predicted molar refractivity (Wildman–Crippen MR) is 72.8 cm³/mol. The van der Waals surface area contributed by atoms with E-state index in [1.807, 2.05) is 6.92 Å². The lowest BCUT2D eigenvalue weighted by Crippen LogP contribution is -2.11. The second-order valence-corrected chi connectivity index (χ2v) is 5.59. The summed E-state index contributed by atoms with van der Waals surface area (Å²) < 4.78 is 5.00. The van der Waals surface area contributed by atoms with Gasteiger partial charge in [0, 0.05) is 22.6 Å². The van der Waals surface area contributed by atoms with Crippen molar-refractivity contribution in [2.45, 2.75) is 22.6 Å². The van der Waals surface area contributed by atoms with Crippen LogP contribution < -0.4 is 11.5 Å². The van der Waals surface area contributed by atoms with Crippen LogP contribution in [0.5, 0.6) is 0 Å². The molecule has 0 spiro atoms. The molecular formula is C11H12N4OS2. The van der Waals surface area contributed by atoms with E-state index in [0.29, 0.717) is 11.3 Å². The molecule has 1 aromatic heterocycles. The number of aromatic nitrogens is 2. The van der Waals surface area contributed by atoms with Gasteiger partial charge in [0.2, 0.25) is 5.91 Å². The summed E-state index contributed by atoms with van der Waals surface area (Å²) in [7, 11) is 0. The fourth-order valence-corrected chi connectivity index (χ4v) is 3.03. The Balaban J connectivity index is 2.27. The summed E-state index contributed by atoms with van der Waals surface area (Å²) in [5.74, 6) is 0.343. The summed E-state index contributed by atoms with van der Waals surface area (Å²) in [5, 5.41) is 0. The Morgan fingerprint density at radius 1 is 1.50 bits per heavy atom. The van der Waals surface area contributed by atoms with Crippen molar-refractivity contribution < 1.29 is 4.79 Å². The SMILES string of the molecule is CCc1nsc(Sc2cc(C(N)=O)ccc2N)n1. The van der Waals surface area contributed by atoms with Gasteiger partial charge in [0.25, 0.3) is 0 Å². The first-order valence-corrected chi connectivity index (χ1v) is 6.89. The highest BCUT2D eigenvalue weighted by Gasteiger charge is 2.10. The van der Waals surface area contributed by atoms with E-state index in [1.54, 1.807) is 18.2 Å². The topological polar surface area (TPSA) is 94.9 Å². The summed E-state index contributed by atoms with van der Waals surface area (Å²) in [6, 6.07) is 4.96. The largest absolute Gasteiger partial charge is 0.398 e. The maximum absolute atomic E-state index is 11.1. The van der Waals surface area contributed by atoms with Gasteiger partial charge < -0.3 is 11.5 Å². The average Bonchev–Trinajstić information content (AvgIpc) is 2.79. The van der Waals surface area contributed by atoms with Crippen molar-refractivity contribution in [2.75, 3.05) is 5.73 Å². The second kappa shape index (κ2) is 5.36. The number of nitrogens with zero attached hydrogens (tertiary/aromatic N) is 2. The van der Waals surface area contributed by atoms with Crippen molar-refractivity contribution in [2.24, 2.45) is 5.73 Å². The van der Waals surface area contributed by atoms with Gasteiger partial charge in [-0.3, -0.25) is 4.79 Å². The van der Waals surface area contributed by atoms with Crippen molar-refractivity contribution in [3.8, 4) is 0 Å². The molecule has 0 saturated heterocycles. The van der Waals surface area contributed by atoms with Crippen molar-refractivity contribution in [3.05, 3.63) is 29.6 Å². The molecule has 0 fully saturated rings. The lowest BCUT2D eigenvalue weighted by molar-refractivity contribution is 0.1000. The number of rotatable bonds is 4. The van der Waals surface area contributed by atoms with Crippen LogP contribution in [0.4, 0.5) is 5.69 Å². The minimum atomic E-state index is -0.469. The van der Waals surface area contributed by atoms with Gasteiger partial charge >= 0.3 is 0 Å². The number of benzene rings is 1. The molecule has 1 heterocycles. The molecule has 0 aliphatic carbocycles. The zero-order chi connectivity index (χ0) is 13.1. The van der Waals surface area contributed by atoms with E-state index in [-0.39, 0.29) is 0 Å². The molecule has 2 rings (SSSR count). The number of hydrogen-bond donors (Lipinski definition) is 2. The van der Waals surface area contributed by atoms with Gasteiger partial charge in [0.1, 0.15) is 5.82 Å². The normalized spacial score (nSPS) is 10.5. The van der Waals surface area contributed by atoms with Crippen LogP contribution in [0, 0.1) is 0 Å². The first-order chi connectivity index (χ1) is 8.60. The van der Waals surface area contributed by atoms with Crippen LogP contribution in [-0.2, 0) is 6.42 Å². The van der Waals surface area contributed by atoms with E-state index in [2.05, 4.69) is 9.36 Å². The number of amides is 1. The maximum Gasteiger partial charge on any atom is 0.248 e. The molecule has 5 nitrogen and oxygen atoms in total. The fourth-order valence-electron chi connectivity index (χ4n) is 1.29. The maximum atomic E-state index is 11.1. The predicted octanol–water partition coefficient (Wildman–Crippen LogP) is 1.93. The minimum Gasteiger partial charge on any atom is -0.398 e. The van der Waals surface area contributed by atoms with E-state index >= 15 is 0 Å². The van der Waals surface area contributed by atoms with Crippen LogP contribution in [0.15, 0.2) is 27.4 Å². The van der Waals surface area contributed by atoms with Gasteiger partial charge in [-0.25, -0.2) is 4.98 Å². The molecule has 0 aliphatic rings. The number of anilines is 1. The third kappa shape index (κ3) is 2.80. The highest BCUT2D eigenvalue weighted by Crippen LogP contribution is 2.33. The Morgan fingerprint density at radius 3 is 2.89 bits per heavy atom. The molecule has 0 saturated carbocycles. The van der Waals surface area contributed by atoms with E-state index in [0.717, 1.165) is 21.5 Å². The zero-order valence-electron chi connectivity index (χ0n) is 9.71. The Hall–Kier alpha value is -1.60. The Bertz CT molecular complexity index is 582. The van der Waals surface area contributed by atoms with Crippen LogP contribution in [0.25, 0.3) is 0 Å². The van der Waals surface area contributed by atoms with Gasteiger partial charge in [-0.15, -0.1) is 0 Å². The van der Waals surface area contributed by atoms with E-state index in [1.165, 1.54) is 23.3 Å². The van der Waals surface area contributed by atoms with Crippen LogP contribution in [0.2, 0.25) is 0 Å². The number of hydrogen-bond acceptors (Lipinski definition) is 6. The third-order valence-electron chi connectivity index (χ3n) is 2.26. The smallest absolute Gasteiger partial charge is 0.248 e. The molecule has 0 unspecified atom stereocenters.